The predicted molar refractivity (Wildman–Crippen MR) is 98.1 cm³/mol. The van der Waals surface area contributed by atoms with Crippen LogP contribution in [0.15, 0.2) is 24.3 Å². The second-order valence-corrected chi connectivity index (χ2v) is 7.41. The Morgan fingerprint density at radius 3 is 2.52 bits per heavy atom. The Morgan fingerprint density at radius 2 is 1.89 bits per heavy atom. The van der Waals surface area contributed by atoms with Gasteiger partial charge in [-0.05, 0) is 30.5 Å². The molecule has 0 radical (unpaired) electrons. The van der Waals surface area contributed by atoms with Gasteiger partial charge in [0.15, 0.2) is 6.61 Å². The van der Waals surface area contributed by atoms with Crippen LogP contribution in [-0.2, 0) is 20.9 Å². The third-order valence-corrected chi connectivity index (χ3v) is 5.35. The summed E-state index contributed by atoms with van der Waals surface area (Å²) in [6, 6.07) is 7.32. The highest BCUT2D eigenvalue weighted by atomic mass is 16.5. The van der Waals surface area contributed by atoms with Gasteiger partial charge in [-0.2, -0.15) is 0 Å². The number of aliphatic carboxylic acids is 1. The molecule has 0 bridgehead atoms. The third-order valence-electron chi connectivity index (χ3n) is 5.35. The van der Waals surface area contributed by atoms with Crippen LogP contribution in [0.3, 0.4) is 0 Å². The molecular formula is C20H26N2O5. The summed E-state index contributed by atoms with van der Waals surface area (Å²) in [5.74, 6) is -0.712. The Morgan fingerprint density at radius 1 is 1.22 bits per heavy atom. The molecule has 1 atom stereocenters. The maximum atomic E-state index is 12.8. The van der Waals surface area contributed by atoms with Gasteiger partial charge < -0.3 is 19.6 Å². The van der Waals surface area contributed by atoms with Crippen molar-refractivity contribution >= 4 is 17.8 Å². The maximum Gasteiger partial charge on any atom is 0.341 e. The zero-order valence-electron chi connectivity index (χ0n) is 15.6. The molecule has 1 aliphatic carbocycles. The fourth-order valence-electron chi connectivity index (χ4n) is 3.97. The van der Waals surface area contributed by atoms with Gasteiger partial charge >= 0.3 is 5.97 Å². The molecule has 3 rings (SSSR count). The number of ether oxygens (including phenoxy) is 1. The molecule has 1 saturated heterocycles. The van der Waals surface area contributed by atoms with E-state index in [0.29, 0.717) is 31.3 Å². The van der Waals surface area contributed by atoms with Crippen LogP contribution >= 0.6 is 0 Å². The monoisotopic (exact) mass is 374 g/mol. The molecule has 27 heavy (non-hydrogen) atoms. The van der Waals surface area contributed by atoms with E-state index in [4.69, 9.17) is 9.84 Å². The normalized spacial score (nSPS) is 20.1. The van der Waals surface area contributed by atoms with Gasteiger partial charge in [0.05, 0.1) is 5.92 Å². The van der Waals surface area contributed by atoms with E-state index in [0.717, 1.165) is 18.4 Å². The molecule has 7 heteroatoms. The molecule has 1 saturated carbocycles. The Kier molecular flexibility index (Phi) is 5.98. The van der Waals surface area contributed by atoms with Crippen LogP contribution in [0.5, 0.6) is 5.75 Å². The SMILES string of the molecule is CN(Cc1ccc(OCC(=O)O)cc1)C(=O)C1CC(=O)N(C2CCCC2)C1. The van der Waals surface area contributed by atoms with E-state index in [2.05, 4.69) is 0 Å². The molecule has 1 unspecified atom stereocenters. The third kappa shape index (κ3) is 4.78. The smallest absolute Gasteiger partial charge is 0.341 e. The minimum atomic E-state index is -1.03. The van der Waals surface area contributed by atoms with E-state index in [1.165, 1.54) is 12.8 Å². The number of carbonyl (C=O) groups excluding carboxylic acids is 2. The minimum absolute atomic E-state index is 0.00458. The van der Waals surface area contributed by atoms with Gasteiger partial charge in [0.2, 0.25) is 11.8 Å². The van der Waals surface area contributed by atoms with Crippen molar-refractivity contribution in [1.82, 2.24) is 9.80 Å². The fraction of sp³-hybridized carbons (Fsp3) is 0.550. The van der Waals surface area contributed by atoms with Crippen LogP contribution in [0, 0.1) is 5.92 Å². The van der Waals surface area contributed by atoms with Crippen molar-refractivity contribution in [3.8, 4) is 5.75 Å². The highest BCUT2D eigenvalue weighted by Gasteiger charge is 2.39. The second-order valence-electron chi connectivity index (χ2n) is 7.41. The zero-order valence-corrected chi connectivity index (χ0v) is 15.6. The number of rotatable bonds is 7. The Bertz CT molecular complexity index is 697. The summed E-state index contributed by atoms with van der Waals surface area (Å²) in [6.07, 6.45) is 4.75. The van der Waals surface area contributed by atoms with Gasteiger partial charge in [0.25, 0.3) is 0 Å². The van der Waals surface area contributed by atoms with Crippen molar-refractivity contribution in [2.45, 2.75) is 44.7 Å². The average Bonchev–Trinajstić information content (AvgIpc) is 3.29. The molecule has 146 valence electrons. The van der Waals surface area contributed by atoms with Crippen LogP contribution in [0.1, 0.15) is 37.7 Å². The second kappa shape index (κ2) is 8.41. The Labute approximate surface area is 158 Å². The van der Waals surface area contributed by atoms with E-state index in [9.17, 15) is 14.4 Å². The number of hydrogen-bond acceptors (Lipinski definition) is 4. The molecular weight excluding hydrogens is 348 g/mol. The molecule has 2 aliphatic rings. The molecule has 1 aliphatic heterocycles. The summed E-state index contributed by atoms with van der Waals surface area (Å²) in [5.41, 5.74) is 0.922. The number of carboxylic acid groups (broad SMARTS) is 1. The summed E-state index contributed by atoms with van der Waals surface area (Å²) in [4.78, 5) is 39.2. The summed E-state index contributed by atoms with van der Waals surface area (Å²) >= 11 is 0. The lowest BCUT2D eigenvalue weighted by Crippen LogP contribution is -2.37. The largest absolute Gasteiger partial charge is 0.482 e. The van der Waals surface area contributed by atoms with Crippen molar-refractivity contribution in [3.05, 3.63) is 29.8 Å². The molecule has 1 N–H and O–H groups in total. The first kappa shape index (κ1) is 19.2. The first-order chi connectivity index (χ1) is 12.9. The van der Waals surface area contributed by atoms with Gasteiger partial charge in [-0.25, -0.2) is 4.79 Å². The standard InChI is InChI=1S/C20H26N2O5/c1-21(11-14-6-8-17(9-7-14)27-13-19(24)25)20(26)15-10-18(23)22(12-15)16-4-2-3-5-16/h6-9,15-16H,2-5,10-13H2,1H3,(H,24,25). The fourth-order valence-corrected chi connectivity index (χ4v) is 3.97. The van der Waals surface area contributed by atoms with Crippen molar-refractivity contribution < 1.29 is 24.2 Å². The summed E-state index contributed by atoms with van der Waals surface area (Å²) in [6.45, 7) is 0.589. The van der Waals surface area contributed by atoms with Gasteiger partial charge in [0, 0.05) is 32.6 Å². The minimum Gasteiger partial charge on any atom is -0.482 e. The number of nitrogens with zero attached hydrogens (tertiary/aromatic N) is 2. The van der Waals surface area contributed by atoms with Crippen LogP contribution in [0.25, 0.3) is 0 Å². The molecule has 0 spiro atoms. The molecule has 0 aromatic heterocycles. The quantitative estimate of drug-likeness (QED) is 0.788. The molecule has 1 aromatic carbocycles. The van der Waals surface area contributed by atoms with Crippen LogP contribution in [0.2, 0.25) is 0 Å². The number of amides is 2. The van der Waals surface area contributed by atoms with Gasteiger partial charge in [0.1, 0.15) is 5.75 Å². The molecule has 7 nitrogen and oxygen atoms in total. The lowest BCUT2D eigenvalue weighted by atomic mass is 10.1. The van der Waals surface area contributed by atoms with E-state index in [-0.39, 0.29) is 24.3 Å². The Balaban J connectivity index is 1.53. The molecule has 2 amide bonds. The first-order valence-corrected chi connectivity index (χ1v) is 9.42. The Hall–Kier alpha value is -2.57. The van der Waals surface area contributed by atoms with Crippen LogP contribution in [0.4, 0.5) is 0 Å². The summed E-state index contributed by atoms with van der Waals surface area (Å²) in [5, 5.41) is 8.62. The summed E-state index contributed by atoms with van der Waals surface area (Å²) < 4.78 is 5.11. The number of likely N-dealkylation sites (tertiary alicyclic amines) is 1. The van der Waals surface area contributed by atoms with Crippen molar-refractivity contribution in [2.75, 3.05) is 20.2 Å². The van der Waals surface area contributed by atoms with Gasteiger partial charge in [-0.1, -0.05) is 25.0 Å². The number of hydrogen-bond donors (Lipinski definition) is 1. The molecule has 2 fully saturated rings. The highest BCUT2D eigenvalue weighted by molar-refractivity contribution is 5.89. The molecule has 1 heterocycles. The van der Waals surface area contributed by atoms with E-state index in [1.54, 1.807) is 24.1 Å². The first-order valence-electron chi connectivity index (χ1n) is 9.42. The predicted octanol–water partition coefficient (Wildman–Crippen LogP) is 1.90. The number of carbonyl (C=O) groups is 3. The van der Waals surface area contributed by atoms with Crippen molar-refractivity contribution in [3.63, 3.8) is 0 Å². The van der Waals surface area contributed by atoms with Crippen molar-refractivity contribution in [1.29, 1.82) is 0 Å². The van der Waals surface area contributed by atoms with Crippen molar-refractivity contribution in [2.24, 2.45) is 5.92 Å². The van der Waals surface area contributed by atoms with Crippen LogP contribution < -0.4 is 4.74 Å². The lowest BCUT2D eigenvalue weighted by Gasteiger charge is -2.25. The molecule has 1 aromatic rings. The topological polar surface area (TPSA) is 87.1 Å². The van der Waals surface area contributed by atoms with Gasteiger partial charge in [-0.15, -0.1) is 0 Å². The van der Waals surface area contributed by atoms with E-state index in [1.807, 2.05) is 17.0 Å². The van der Waals surface area contributed by atoms with Crippen LogP contribution in [-0.4, -0.2) is 58.9 Å². The van der Waals surface area contributed by atoms with E-state index >= 15 is 0 Å². The average molecular weight is 374 g/mol. The zero-order chi connectivity index (χ0) is 19.4. The summed E-state index contributed by atoms with van der Waals surface area (Å²) in [7, 11) is 1.75. The number of benzene rings is 1. The number of carboxylic acids is 1. The van der Waals surface area contributed by atoms with Gasteiger partial charge in [-0.3, -0.25) is 9.59 Å². The highest BCUT2D eigenvalue weighted by Crippen LogP contribution is 2.30. The lowest BCUT2D eigenvalue weighted by molar-refractivity contribution is -0.139. The van der Waals surface area contributed by atoms with E-state index < -0.39 is 5.97 Å². The maximum absolute atomic E-state index is 12.8.